The molecule has 1 aliphatic rings. The Morgan fingerprint density at radius 1 is 1.41 bits per heavy atom. The number of nitrogens with one attached hydrogen (secondary N) is 1. The number of hydrogen-bond acceptors (Lipinski definition) is 3. The number of amides is 1. The summed E-state index contributed by atoms with van der Waals surface area (Å²) in [7, 11) is 0. The van der Waals surface area contributed by atoms with Crippen molar-refractivity contribution in [2.75, 3.05) is 0 Å². The molecule has 4 nitrogen and oxygen atoms in total. The normalized spacial score (nSPS) is 18.5. The van der Waals surface area contributed by atoms with Crippen LogP contribution in [0.5, 0.6) is 0 Å². The second-order valence-electron chi connectivity index (χ2n) is 4.58. The molecule has 17 heavy (non-hydrogen) atoms. The van der Waals surface area contributed by atoms with E-state index in [1.165, 1.54) is 0 Å². The van der Waals surface area contributed by atoms with E-state index in [-0.39, 0.29) is 11.9 Å². The largest absolute Gasteiger partial charge is 0.382 e. The molecule has 1 saturated carbocycles. The molecule has 0 aliphatic heterocycles. The molecule has 92 valence electrons. The minimum Gasteiger partial charge on any atom is -0.382 e. The van der Waals surface area contributed by atoms with Crippen LogP contribution in [0.1, 0.15) is 18.4 Å². The van der Waals surface area contributed by atoms with Gasteiger partial charge in [-0.3, -0.25) is 4.79 Å². The van der Waals surface area contributed by atoms with Crippen LogP contribution in [0.2, 0.25) is 0 Å². The molecule has 1 aliphatic carbocycles. The van der Waals surface area contributed by atoms with Crippen LogP contribution >= 0.6 is 0 Å². The Morgan fingerprint density at radius 3 is 2.65 bits per heavy atom. The first-order valence-corrected chi connectivity index (χ1v) is 5.95. The fourth-order valence-electron chi connectivity index (χ4n) is 1.71. The number of carbonyl (C=O) groups excluding carboxylic acids is 1. The fourth-order valence-corrected chi connectivity index (χ4v) is 1.71. The zero-order valence-electron chi connectivity index (χ0n) is 9.67. The van der Waals surface area contributed by atoms with Crippen molar-refractivity contribution in [2.45, 2.75) is 37.5 Å². The van der Waals surface area contributed by atoms with Gasteiger partial charge in [-0.05, 0) is 24.8 Å². The fraction of sp³-hybridized carbons (Fsp3) is 0.462. The van der Waals surface area contributed by atoms with Crippen molar-refractivity contribution in [2.24, 2.45) is 5.73 Å². The second-order valence-corrected chi connectivity index (χ2v) is 4.58. The van der Waals surface area contributed by atoms with Crippen LogP contribution in [0.15, 0.2) is 30.3 Å². The monoisotopic (exact) mass is 234 g/mol. The first kappa shape index (κ1) is 12.1. The van der Waals surface area contributed by atoms with Gasteiger partial charge in [0.15, 0.2) is 0 Å². The number of aliphatic hydroxyl groups excluding tert-OH is 1. The third kappa shape index (κ3) is 3.54. The summed E-state index contributed by atoms with van der Waals surface area (Å²) in [5, 5.41) is 12.5. The van der Waals surface area contributed by atoms with E-state index in [4.69, 9.17) is 5.73 Å². The number of benzene rings is 1. The van der Waals surface area contributed by atoms with Crippen LogP contribution in [0.4, 0.5) is 0 Å². The van der Waals surface area contributed by atoms with Gasteiger partial charge in [0, 0.05) is 12.1 Å². The van der Waals surface area contributed by atoms with Gasteiger partial charge in [-0.1, -0.05) is 30.3 Å². The number of hydrogen-bond donors (Lipinski definition) is 3. The molecule has 0 radical (unpaired) electrons. The third-order valence-electron chi connectivity index (χ3n) is 2.91. The molecule has 2 rings (SSSR count). The van der Waals surface area contributed by atoms with Crippen molar-refractivity contribution in [1.29, 1.82) is 0 Å². The standard InChI is InChI=1S/C13H18N2O2/c14-11(8-9-4-2-1-3-5-9)12(16)13(17)15-10-6-7-10/h1-5,10-12,16H,6-8,14H2,(H,15,17)/t11-,12-/m0/s1. The Kier molecular flexibility index (Phi) is 3.76. The van der Waals surface area contributed by atoms with Gasteiger partial charge in [0.1, 0.15) is 6.10 Å². The molecule has 4 heteroatoms. The molecule has 2 atom stereocenters. The third-order valence-corrected chi connectivity index (χ3v) is 2.91. The van der Waals surface area contributed by atoms with Crippen LogP contribution in [0.25, 0.3) is 0 Å². The summed E-state index contributed by atoms with van der Waals surface area (Å²) >= 11 is 0. The molecule has 1 amide bonds. The molecule has 0 saturated heterocycles. The zero-order chi connectivity index (χ0) is 12.3. The lowest BCUT2D eigenvalue weighted by molar-refractivity contribution is -0.130. The van der Waals surface area contributed by atoms with E-state index in [0.717, 1.165) is 18.4 Å². The summed E-state index contributed by atoms with van der Waals surface area (Å²) in [6.07, 6.45) is 1.38. The van der Waals surface area contributed by atoms with Gasteiger partial charge in [-0.15, -0.1) is 0 Å². The highest BCUT2D eigenvalue weighted by Crippen LogP contribution is 2.18. The highest BCUT2D eigenvalue weighted by Gasteiger charge is 2.29. The summed E-state index contributed by atoms with van der Waals surface area (Å²) in [6.45, 7) is 0. The number of carbonyl (C=O) groups is 1. The number of nitrogens with two attached hydrogens (primary N) is 1. The highest BCUT2D eigenvalue weighted by molar-refractivity contribution is 5.81. The van der Waals surface area contributed by atoms with E-state index < -0.39 is 12.1 Å². The van der Waals surface area contributed by atoms with E-state index in [1.807, 2.05) is 30.3 Å². The maximum Gasteiger partial charge on any atom is 0.250 e. The lowest BCUT2D eigenvalue weighted by Crippen LogP contribution is -2.48. The molecule has 0 unspecified atom stereocenters. The molecule has 4 N–H and O–H groups in total. The van der Waals surface area contributed by atoms with Gasteiger partial charge in [-0.2, -0.15) is 0 Å². The van der Waals surface area contributed by atoms with Gasteiger partial charge in [-0.25, -0.2) is 0 Å². The van der Waals surface area contributed by atoms with Crippen LogP contribution in [0, 0.1) is 0 Å². The molecule has 0 heterocycles. The Hall–Kier alpha value is -1.39. The van der Waals surface area contributed by atoms with Crippen molar-refractivity contribution in [1.82, 2.24) is 5.32 Å². The summed E-state index contributed by atoms with van der Waals surface area (Å²) in [5.74, 6) is -0.351. The van der Waals surface area contributed by atoms with Gasteiger partial charge in [0.05, 0.1) is 0 Å². The van der Waals surface area contributed by atoms with Crippen molar-refractivity contribution >= 4 is 5.91 Å². The molecule has 1 aromatic carbocycles. The summed E-state index contributed by atoms with van der Waals surface area (Å²) < 4.78 is 0. The van der Waals surface area contributed by atoms with E-state index in [9.17, 15) is 9.90 Å². The van der Waals surface area contributed by atoms with Crippen molar-refractivity contribution < 1.29 is 9.90 Å². The molecular formula is C13H18N2O2. The minimum atomic E-state index is -1.13. The molecular weight excluding hydrogens is 216 g/mol. The average Bonchev–Trinajstić information content (AvgIpc) is 3.13. The molecule has 1 aromatic rings. The van der Waals surface area contributed by atoms with E-state index in [1.54, 1.807) is 0 Å². The van der Waals surface area contributed by atoms with Crippen LogP contribution < -0.4 is 11.1 Å². The van der Waals surface area contributed by atoms with Gasteiger partial charge in [0.2, 0.25) is 0 Å². The van der Waals surface area contributed by atoms with Crippen LogP contribution in [0.3, 0.4) is 0 Å². The number of aliphatic hydroxyl groups is 1. The summed E-state index contributed by atoms with van der Waals surface area (Å²) in [4.78, 5) is 11.6. The van der Waals surface area contributed by atoms with Crippen LogP contribution in [-0.4, -0.2) is 29.2 Å². The van der Waals surface area contributed by atoms with E-state index in [2.05, 4.69) is 5.32 Å². The first-order chi connectivity index (χ1) is 8.16. The Morgan fingerprint density at radius 2 is 2.06 bits per heavy atom. The zero-order valence-corrected chi connectivity index (χ0v) is 9.67. The van der Waals surface area contributed by atoms with E-state index >= 15 is 0 Å². The van der Waals surface area contributed by atoms with E-state index in [0.29, 0.717) is 6.42 Å². The first-order valence-electron chi connectivity index (χ1n) is 5.95. The predicted octanol–water partition coefficient (Wildman–Crippen LogP) is 0.196. The Bertz CT molecular complexity index is 376. The molecule has 0 aromatic heterocycles. The van der Waals surface area contributed by atoms with Crippen molar-refractivity contribution in [3.05, 3.63) is 35.9 Å². The molecule has 0 spiro atoms. The summed E-state index contributed by atoms with van der Waals surface area (Å²) in [5.41, 5.74) is 6.86. The van der Waals surface area contributed by atoms with Gasteiger partial charge in [0.25, 0.3) is 5.91 Å². The van der Waals surface area contributed by atoms with Gasteiger partial charge >= 0.3 is 0 Å². The maximum absolute atomic E-state index is 11.6. The number of rotatable bonds is 5. The van der Waals surface area contributed by atoms with Crippen molar-refractivity contribution in [3.8, 4) is 0 Å². The quantitative estimate of drug-likeness (QED) is 0.681. The molecule has 1 fully saturated rings. The summed E-state index contributed by atoms with van der Waals surface area (Å²) in [6, 6.07) is 9.32. The topological polar surface area (TPSA) is 75.3 Å². The lowest BCUT2D eigenvalue weighted by Gasteiger charge is -2.18. The SMILES string of the molecule is N[C@@H](Cc1ccccc1)[C@H](O)C(=O)NC1CC1. The molecule has 0 bridgehead atoms. The van der Waals surface area contributed by atoms with Crippen molar-refractivity contribution in [3.63, 3.8) is 0 Å². The predicted molar refractivity (Wildman–Crippen MR) is 65.3 cm³/mol. The highest BCUT2D eigenvalue weighted by atomic mass is 16.3. The second kappa shape index (κ2) is 5.29. The average molecular weight is 234 g/mol. The maximum atomic E-state index is 11.6. The van der Waals surface area contributed by atoms with Crippen LogP contribution in [-0.2, 0) is 11.2 Å². The smallest absolute Gasteiger partial charge is 0.250 e. The Labute approximate surface area is 101 Å². The van der Waals surface area contributed by atoms with Gasteiger partial charge < -0.3 is 16.2 Å². The minimum absolute atomic E-state index is 0.251. The Balaban J connectivity index is 1.85. The lowest BCUT2D eigenvalue weighted by atomic mass is 10.0.